The van der Waals surface area contributed by atoms with Gasteiger partial charge in [-0.1, -0.05) is 6.07 Å². The Morgan fingerprint density at radius 2 is 1.77 bits per heavy atom. The largest absolute Gasteiger partial charge is 0.480 e. The van der Waals surface area contributed by atoms with Gasteiger partial charge in [0.25, 0.3) is 5.91 Å². The quantitative estimate of drug-likeness (QED) is 0.262. The Kier molecular flexibility index (Phi) is 8.69. The molecule has 4 aromatic rings. The first-order valence-corrected chi connectivity index (χ1v) is 13.6. The number of anilines is 3. The van der Waals surface area contributed by atoms with Crippen LogP contribution in [0.4, 0.5) is 30.9 Å². The Hall–Kier alpha value is -5.15. The van der Waals surface area contributed by atoms with Crippen LogP contribution in [-0.4, -0.2) is 76.0 Å². The standard InChI is InChI=1S/C29H31F2N9O4/c1-5-32-28(42)33-17-9-11-18(12-10-17)40-22(16-37(2)3)25-26(36-40)38(15-19-20(30)7-6-8-21(19)31)29(43)39(27(25)41)23-13-14-24(44-4)35-34-23/h6-14,29,43H,5,15-16H2,1-4H3,(H2,32,33,42). The van der Waals surface area contributed by atoms with Crippen molar-refractivity contribution in [3.63, 3.8) is 0 Å². The molecule has 1 unspecified atom stereocenters. The maximum absolute atomic E-state index is 14.9. The lowest BCUT2D eigenvalue weighted by Crippen LogP contribution is -2.56. The van der Waals surface area contributed by atoms with Gasteiger partial charge >= 0.3 is 6.03 Å². The maximum atomic E-state index is 14.9. The zero-order valence-corrected chi connectivity index (χ0v) is 24.5. The number of halogens is 2. The van der Waals surface area contributed by atoms with E-state index < -0.39 is 30.4 Å². The van der Waals surface area contributed by atoms with E-state index >= 15 is 0 Å². The summed E-state index contributed by atoms with van der Waals surface area (Å²) in [5, 5.41) is 29.6. The van der Waals surface area contributed by atoms with E-state index in [1.54, 1.807) is 31.2 Å². The number of aromatic nitrogens is 4. The zero-order valence-electron chi connectivity index (χ0n) is 24.5. The number of ether oxygens (including phenoxy) is 1. The third kappa shape index (κ3) is 5.87. The van der Waals surface area contributed by atoms with Crippen LogP contribution < -0.4 is 25.2 Å². The molecule has 3 N–H and O–H groups in total. The van der Waals surface area contributed by atoms with Crippen molar-refractivity contribution in [3.8, 4) is 11.6 Å². The molecule has 0 bridgehead atoms. The number of hydrogen-bond acceptors (Lipinski definition) is 9. The number of carbonyl (C=O) groups is 2. The molecular formula is C29H31F2N9O4. The van der Waals surface area contributed by atoms with E-state index in [9.17, 15) is 23.5 Å². The number of methoxy groups -OCH3 is 1. The number of aliphatic hydroxyl groups excluding tert-OH is 1. The van der Waals surface area contributed by atoms with Crippen LogP contribution >= 0.6 is 0 Å². The van der Waals surface area contributed by atoms with Gasteiger partial charge in [0.2, 0.25) is 12.2 Å². The van der Waals surface area contributed by atoms with Crippen molar-refractivity contribution in [1.29, 1.82) is 0 Å². The number of rotatable bonds is 9. The van der Waals surface area contributed by atoms with Gasteiger partial charge in [0.15, 0.2) is 11.6 Å². The molecule has 13 nitrogen and oxygen atoms in total. The molecule has 0 saturated carbocycles. The highest BCUT2D eigenvalue weighted by molar-refractivity contribution is 6.12. The predicted molar refractivity (Wildman–Crippen MR) is 158 cm³/mol. The van der Waals surface area contributed by atoms with Gasteiger partial charge in [-0.25, -0.2) is 23.2 Å². The van der Waals surface area contributed by atoms with Gasteiger partial charge in [-0.15, -0.1) is 15.3 Å². The smallest absolute Gasteiger partial charge is 0.319 e. The second kappa shape index (κ2) is 12.6. The van der Waals surface area contributed by atoms with E-state index in [4.69, 9.17) is 9.84 Å². The number of fused-ring (bicyclic) bond motifs is 1. The fraction of sp³-hybridized carbons (Fsp3) is 0.276. The monoisotopic (exact) mass is 607 g/mol. The van der Waals surface area contributed by atoms with Gasteiger partial charge in [-0.05, 0) is 63.5 Å². The Balaban J connectivity index is 1.66. The van der Waals surface area contributed by atoms with E-state index in [1.165, 1.54) is 34.9 Å². The van der Waals surface area contributed by atoms with Gasteiger partial charge in [0.1, 0.15) is 17.2 Å². The average Bonchev–Trinajstić information content (AvgIpc) is 3.36. The lowest BCUT2D eigenvalue weighted by Gasteiger charge is -2.39. The number of nitrogens with one attached hydrogen (secondary N) is 2. The van der Waals surface area contributed by atoms with Crippen molar-refractivity contribution in [2.24, 2.45) is 0 Å². The highest BCUT2D eigenvalue weighted by atomic mass is 19.1. The first-order chi connectivity index (χ1) is 21.1. The second-order valence-electron chi connectivity index (χ2n) is 10.1. The third-order valence-corrected chi connectivity index (χ3v) is 6.82. The van der Waals surface area contributed by atoms with Crippen LogP contribution in [0.1, 0.15) is 28.5 Å². The molecule has 3 amide bonds. The van der Waals surface area contributed by atoms with E-state index in [0.29, 0.717) is 23.6 Å². The van der Waals surface area contributed by atoms with Crippen molar-refractivity contribution in [2.75, 3.05) is 42.9 Å². The Morgan fingerprint density at radius 1 is 1.07 bits per heavy atom. The zero-order chi connectivity index (χ0) is 31.5. The van der Waals surface area contributed by atoms with Crippen LogP contribution in [0.5, 0.6) is 5.88 Å². The first-order valence-electron chi connectivity index (χ1n) is 13.6. The van der Waals surface area contributed by atoms with Crippen molar-refractivity contribution in [3.05, 3.63) is 83.1 Å². The maximum Gasteiger partial charge on any atom is 0.319 e. The number of benzene rings is 2. The Bertz CT molecular complexity index is 1640. The molecule has 1 aliphatic rings. The Labute approximate surface area is 251 Å². The number of hydrogen-bond donors (Lipinski definition) is 3. The summed E-state index contributed by atoms with van der Waals surface area (Å²) in [6.45, 7) is 2.03. The lowest BCUT2D eigenvalue weighted by atomic mass is 10.1. The van der Waals surface area contributed by atoms with Crippen LogP contribution in [0.25, 0.3) is 5.69 Å². The molecule has 1 aliphatic heterocycles. The number of nitrogens with zero attached hydrogens (tertiary/aromatic N) is 7. The fourth-order valence-corrected chi connectivity index (χ4v) is 4.80. The van der Waals surface area contributed by atoms with E-state index in [2.05, 4.69) is 20.8 Å². The van der Waals surface area contributed by atoms with Crippen LogP contribution in [-0.2, 0) is 13.1 Å². The summed E-state index contributed by atoms with van der Waals surface area (Å²) < 4.78 is 36.3. The van der Waals surface area contributed by atoms with Gasteiger partial charge < -0.3 is 30.3 Å². The van der Waals surface area contributed by atoms with Gasteiger partial charge in [0, 0.05) is 30.4 Å². The highest BCUT2D eigenvalue weighted by Gasteiger charge is 2.44. The van der Waals surface area contributed by atoms with Gasteiger partial charge in [-0.2, -0.15) is 0 Å². The predicted octanol–water partition coefficient (Wildman–Crippen LogP) is 3.10. The number of urea groups is 1. The minimum absolute atomic E-state index is 0.0164. The summed E-state index contributed by atoms with van der Waals surface area (Å²) in [5.41, 5.74) is 1.28. The van der Waals surface area contributed by atoms with Crippen molar-refractivity contribution in [1.82, 2.24) is 30.2 Å². The fourth-order valence-electron chi connectivity index (χ4n) is 4.80. The van der Waals surface area contributed by atoms with Crippen molar-refractivity contribution < 1.29 is 28.2 Å². The number of carbonyl (C=O) groups excluding carboxylic acids is 2. The number of amides is 3. The molecule has 3 heterocycles. The van der Waals surface area contributed by atoms with Gasteiger partial charge in [0.05, 0.1) is 25.0 Å². The molecule has 0 spiro atoms. The molecule has 5 rings (SSSR count). The van der Waals surface area contributed by atoms with Crippen molar-refractivity contribution in [2.45, 2.75) is 26.4 Å². The highest BCUT2D eigenvalue weighted by Crippen LogP contribution is 2.37. The summed E-state index contributed by atoms with van der Waals surface area (Å²) in [4.78, 5) is 30.2. The summed E-state index contributed by atoms with van der Waals surface area (Å²) in [5.74, 6) is -2.11. The normalized spacial score (nSPS) is 14.5. The minimum Gasteiger partial charge on any atom is -0.480 e. The SMILES string of the molecule is CCNC(=O)Nc1ccc(-n2nc3c(c2CN(C)C)C(=O)N(c2ccc(OC)nn2)C(O)N3Cc2c(F)cccc2F)cc1. The van der Waals surface area contributed by atoms with E-state index in [0.717, 1.165) is 17.0 Å². The van der Waals surface area contributed by atoms with Crippen LogP contribution in [0, 0.1) is 11.6 Å². The molecule has 15 heteroatoms. The minimum atomic E-state index is -1.75. The molecule has 0 saturated heterocycles. The van der Waals surface area contributed by atoms with Gasteiger partial charge in [-0.3, -0.25) is 4.79 Å². The van der Waals surface area contributed by atoms with Crippen LogP contribution in [0.3, 0.4) is 0 Å². The summed E-state index contributed by atoms with van der Waals surface area (Å²) in [6.07, 6.45) is -1.75. The molecule has 2 aromatic heterocycles. The first kappa shape index (κ1) is 30.3. The van der Waals surface area contributed by atoms with E-state index in [1.807, 2.05) is 19.0 Å². The molecule has 0 aliphatic carbocycles. The molecular weight excluding hydrogens is 576 g/mol. The third-order valence-electron chi connectivity index (χ3n) is 6.82. The molecule has 44 heavy (non-hydrogen) atoms. The molecule has 0 fully saturated rings. The molecule has 1 atom stereocenters. The van der Waals surface area contributed by atoms with E-state index in [-0.39, 0.29) is 41.2 Å². The lowest BCUT2D eigenvalue weighted by molar-refractivity contribution is 0.0848. The molecule has 2 aromatic carbocycles. The molecule has 0 radical (unpaired) electrons. The topological polar surface area (TPSA) is 141 Å². The average molecular weight is 608 g/mol. The van der Waals surface area contributed by atoms with Crippen molar-refractivity contribution >= 4 is 29.3 Å². The van der Waals surface area contributed by atoms with Crippen LogP contribution in [0.15, 0.2) is 54.6 Å². The number of aliphatic hydroxyl groups is 1. The van der Waals surface area contributed by atoms with Crippen LogP contribution in [0.2, 0.25) is 0 Å². The summed E-state index contributed by atoms with van der Waals surface area (Å²) >= 11 is 0. The molecule has 230 valence electrons. The summed E-state index contributed by atoms with van der Waals surface area (Å²) in [7, 11) is 5.03. The Morgan fingerprint density at radius 3 is 2.36 bits per heavy atom. The second-order valence-corrected chi connectivity index (χ2v) is 10.1. The summed E-state index contributed by atoms with van der Waals surface area (Å²) in [6, 6.07) is 12.8.